The zero-order valence-electron chi connectivity index (χ0n) is 18.3. The van der Waals surface area contributed by atoms with E-state index in [4.69, 9.17) is 4.74 Å². The van der Waals surface area contributed by atoms with E-state index in [9.17, 15) is 4.79 Å². The molecule has 34 heavy (non-hydrogen) atoms. The number of nitrogens with zero attached hydrogens (tertiary/aromatic N) is 6. The number of benzene rings is 2. The smallest absolute Gasteiger partial charge is 0.263 e. The maximum atomic E-state index is 13.5. The van der Waals surface area contributed by atoms with Crippen molar-refractivity contribution in [1.29, 1.82) is 0 Å². The average molecular weight is 469 g/mol. The molecule has 6 rings (SSSR count). The van der Waals surface area contributed by atoms with E-state index < -0.39 is 0 Å². The van der Waals surface area contributed by atoms with Crippen LogP contribution in [0.15, 0.2) is 89.1 Å². The summed E-state index contributed by atoms with van der Waals surface area (Å²) in [5, 5.41) is 10.2. The molecule has 0 radical (unpaired) electrons. The molecule has 168 valence electrons. The van der Waals surface area contributed by atoms with Gasteiger partial charge in [0.1, 0.15) is 11.4 Å². The predicted molar refractivity (Wildman–Crippen MR) is 132 cm³/mol. The normalized spacial score (nSPS) is 11.6. The highest BCUT2D eigenvalue weighted by molar-refractivity contribution is 7.98. The monoisotopic (exact) mass is 468 g/mol. The molecule has 0 bridgehead atoms. The van der Waals surface area contributed by atoms with Crippen LogP contribution >= 0.6 is 11.8 Å². The van der Waals surface area contributed by atoms with E-state index in [-0.39, 0.29) is 5.56 Å². The molecule has 0 aliphatic carbocycles. The number of ether oxygens (including phenoxy) is 1. The fraction of sp³-hybridized carbons (Fsp3) is 0.120. The Balaban J connectivity index is 1.46. The summed E-state index contributed by atoms with van der Waals surface area (Å²) in [4.78, 5) is 18.1. The minimum atomic E-state index is -0.113. The molecule has 0 saturated heterocycles. The van der Waals surface area contributed by atoms with Crippen molar-refractivity contribution in [2.75, 3.05) is 7.11 Å². The highest BCUT2D eigenvalue weighted by Gasteiger charge is 2.18. The van der Waals surface area contributed by atoms with Gasteiger partial charge in [0.15, 0.2) is 5.16 Å². The van der Waals surface area contributed by atoms with Crippen LogP contribution in [0, 0.1) is 0 Å². The van der Waals surface area contributed by atoms with Crippen molar-refractivity contribution in [3.63, 3.8) is 0 Å². The summed E-state index contributed by atoms with van der Waals surface area (Å²) in [6.45, 7) is 0.326. The van der Waals surface area contributed by atoms with Crippen molar-refractivity contribution in [2.24, 2.45) is 0 Å². The van der Waals surface area contributed by atoms with Crippen LogP contribution in [-0.4, -0.2) is 35.7 Å². The minimum absolute atomic E-state index is 0.113. The van der Waals surface area contributed by atoms with Gasteiger partial charge in [-0.05, 0) is 30.3 Å². The van der Waals surface area contributed by atoms with E-state index in [1.807, 2.05) is 87.9 Å². The lowest BCUT2D eigenvalue weighted by atomic mass is 10.2. The molecule has 0 atom stereocenters. The molecule has 0 aliphatic heterocycles. The zero-order valence-corrected chi connectivity index (χ0v) is 19.1. The molecule has 4 heterocycles. The largest absolute Gasteiger partial charge is 0.496 e. The molecule has 0 fully saturated rings. The first-order valence-electron chi connectivity index (χ1n) is 10.8. The van der Waals surface area contributed by atoms with E-state index in [0.717, 1.165) is 28.2 Å². The van der Waals surface area contributed by atoms with E-state index in [1.54, 1.807) is 23.4 Å². The fourth-order valence-corrected chi connectivity index (χ4v) is 4.99. The number of pyridine rings is 1. The Morgan fingerprint density at radius 3 is 2.68 bits per heavy atom. The van der Waals surface area contributed by atoms with Crippen molar-refractivity contribution >= 4 is 34.1 Å². The zero-order chi connectivity index (χ0) is 23.1. The first kappa shape index (κ1) is 20.5. The average Bonchev–Trinajstić information content (AvgIpc) is 3.49. The first-order chi connectivity index (χ1) is 16.7. The Hall–Kier alpha value is -4.11. The molecular weight excluding hydrogens is 448 g/mol. The molecule has 0 unspecified atom stereocenters. The van der Waals surface area contributed by atoms with Gasteiger partial charge in [-0.25, -0.2) is 4.98 Å². The van der Waals surface area contributed by atoms with Gasteiger partial charge < -0.3 is 9.14 Å². The Kier molecular flexibility index (Phi) is 5.03. The van der Waals surface area contributed by atoms with Gasteiger partial charge in [-0.3, -0.25) is 13.8 Å². The molecule has 0 spiro atoms. The van der Waals surface area contributed by atoms with Crippen molar-refractivity contribution in [1.82, 2.24) is 28.5 Å². The third-order valence-electron chi connectivity index (χ3n) is 5.76. The second-order valence-corrected chi connectivity index (χ2v) is 8.77. The summed E-state index contributed by atoms with van der Waals surface area (Å²) < 4.78 is 11.1. The molecule has 0 N–H and O–H groups in total. The molecule has 4 aromatic heterocycles. The number of thioether (sulfide) groups is 1. The van der Waals surface area contributed by atoms with Gasteiger partial charge in [-0.1, -0.05) is 48.2 Å². The first-order valence-corrected chi connectivity index (χ1v) is 11.8. The van der Waals surface area contributed by atoms with Crippen LogP contribution < -0.4 is 10.3 Å². The summed E-state index contributed by atoms with van der Waals surface area (Å²) in [6.07, 6.45) is 3.99. The third kappa shape index (κ3) is 3.41. The van der Waals surface area contributed by atoms with Crippen LogP contribution in [0.2, 0.25) is 0 Å². The molecule has 9 heteroatoms. The molecule has 0 amide bonds. The molecule has 0 saturated carbocycles. The second kappa shape index (κ2) is 8.35. The van der Waals surface area contributed by atoms with Crippen molar-refractivity contribution in [3.05, 3.63) is 101 Å². The van der Waals surface area contributed by atoms with Crippen LogP contribution in [0.3, 0.4) is 0 Å². The minimum Gasteiger partial charge on any atom is -0.496 e. The Labute approximate surface area is 198 Å². The number of para-hydroxylation sites is 2. The number of hydrogen-bond acceptors (Lipinski definition) is 6. The van der Waals surface area contributed by atoms with Crippen molar-refractivity contribution < 1.29 is 4.74 Å². The Morgan fingerprint density at radius 2 is 1.79 bits per heavy atom. The van der Waals surface area contributed by atoms with E-state index >= 15 is 0 Å². The van der Waals surface area contributed by atoms with Gasteiger partial charge in [0.05, 0.1) is 30.3 Å². The molecule has 2 aromatic carbocycles. The third-order valence-corrected chi connectivity index (χ3v) is 6.72. The molecule has 0 aliphatic rings. The van der Waals surface area contributed by atoms with E-state index in [0.29, 0.717) is 28.6 Å². The van der Waals surface area contributed by atoms with Crippen LogP contribution in [0.5, 0.6) is 5.75 Å². The molecular formula is C25H20N6O2S. The van der Waals surface area contributed by atoms with Crippen molar-refractivity contribution in [3.8, 4) is 5.75 Å². The molecule has 8 nitrogen and oxygen atoms in total. The SMILES string of the molecule is COc1ccccc1Cn1c(=O)c2ccccc2n2c(SCc3cn4ccccc4n3)nnc12. The van der Waals surface area contributed by atoms with Gasteiger partial charge in [-0.15, -0.1) is 10.2 Å². The van der Waals surface area contributed by atoms with Crippen LogP contribution in [0.25, 0.3) is 22.3 Å². The second-order valence-electron chi connectivity index (χ2n) is 7.83. The number of methoxy groups -OCH3 is 1. The number of hydrogen-bond donors (Lipinski definition) is 0. The maximum absolute atomic E-state index is 13.5. The number of fused-ring (bicyclic) bond motifs is 4. The van der Waals surface area contributed by atoms with Gasteiger partial charge in [-0.2, -0.15) is 0 Å². The highest BCUT2D eigenvalue weighted by atomic mass is 32.2. The van der Waals surface area contributed by atoms with Crippen LogP contribution in [0.4, 0.5) is 0 Å². The lowest BCUT2D eigenvalue weighted by Crippen LogP contribution is -2.24. The molecule has 6 aromatic rings. The summed E-state index contributed by atoms with van der Waals surface area (Å²) in [7, 11) is 1.63. The van der Waals surface area contributed by atoms with Gasteiger partial charge >= 0.3 is 0 Å². The Bertz CT molecular complexity index is 1680. The Morgan fingerprint density at radius 1 is 0.971 bits per heavy atom. The summed E-state index contributed by atoms with van der Waals surface area (Å²) >= 11 is 1.54. The highest BCUT2D eigenvalue weighted by Crippen LogP contribution is 2.26. The van der Waals surface area contributed by atoms with Crippen LogP contribution in [0.1, 0.15) is 11.3 Å². The van der Waals surface area contributed by atoms with Crippen LogP contribution in [-0.2, 0) is 12.3 Å². The summed E-state index contributed by atoms with van der Waals surface area (Å²) in [6, 6.07) is 21.2. The topological polar surface area (TPSA) is 78.7 Å². The van der Waals surface area contributed by atoms with Gasteiger partial charge in [0, 0.05) is 23.7 Å². The summed E-state index contributed by atoms with van der Waals surface area (Å²) in [5.41, 5.74) is 3.41. The number of rotatable bonds is 6. The van der Waals surface area contributed by atoms with E-state index in [2.05, 4.69) is 15.2 Å². The lowest BCUT2D eigenvalue weighted by Gasteiger charge is -2.13. The maximum Gasteiger partial charge on any atom is 0.263 e. The lowest BCUT2D eigenvalue weighted by molar-refractivity contribution is 0.408. The number of aromatic nitrogens is 6. The summed E-state index contributed by atoms with van der Waals surface area (Å²) in [5.74, 6) is 1.84. The van der Waals surface area contributed by atoms with Crippen molar-refractivity contribution in [2.45, 2.75) is 17.5 Å². The van der Waals surface area contributed by atoms with E-state index in [1.165, 1.54) is 0 Å². The standard InChI is InChI=1S/C25H20N6O2S/c1-33-21-11-5-2-8-17(21)14-30-23(32)19-9-3-4-10-20(19)31-24(30)27-28-25(31)34-16-18-15-29-13-7-6-12-22(29)26-18/h2-13,15H,14,16H2,1H3. The van der Waals surface area contributed by atoms with Gasteiger partial charge in [0.25, 0.3) is 5.56 Å². The number of imidazole rings is 1. The fourth-order valence-electron chi connectivity index (χ4n) is 4.17. The quantitative estimate of drug-likeness (QED) is 0.343. The van der Waals surface area contributed by atoms with Gasteiger partial charge in [0.2, 0.25) is 5.78 Å². The predicted octanol–water partition coefficient (Wildman–Crippen LogP) is 4.04.